The average molecular weight is 336 g/mol. The molecule has 6 heteroatoms. The number of likely N-dealkylation sites (N-methyl/N-ethyl adjacent to an activating group) is 1. The first-order chi connectivity index (χ1) is 8.43. The number of nitrogens with zero attached hydrogens (tertiary/aromatic N) is 1. The summed E-state index contributed by atoms with van der Waals surface area (Å²) in [6.07, 6.45) is 0.673. The SMILES string of the molecule is CCc1cc(Br)ccc1S(=O)(=O)N(C)CCOC. The Bertz CT molecular complexity index is 502. The van der Waals surface area contributed by atoms with E-state index in [0.29, 0.717) is 24.5 Å². The first kappa shape index (κ1) is 15.6. The van der Waals surface area contributed by atoms with Gasteiger partial charge in [0.25, 0.3) is 0 Å². The molecule has 0 heterocycles. The summed E-state index contributed by atoms with van der Waals surface area (Å²) in [5, 5.41) is 0. The predicted octanol–water partition coefficient (Wildman–Crippen LogP) is 2.28. The van der Waals surface area contributed by atoms with Crippen LogP contribution in [-0.2, 0) is 21.2 Å². The summed E-state index contributed by atoms with van der Waals surface area (Å²) >= 11 is 3.35. The number of halogens is 1. The Balaban J connectivity index is 3.12. The van der Waals surface area contributed by atoms with Crippen LogP contribution in [0.4, 0.5) is 0 Å². The van der Waals surface area contributed by atoms with Crippen LogP contribution in [0.15, 0.2) is 27.6 Å². The summed E-state index contributed by atoms with van der Waals surface area (Å²) in [5.41, 5.74) is 0.814. The number of sulfonamides is 1. The van der Waals surface area contributed by atoms with E-state index in [0.717, 1.165) is 10.0 Å². The number of methoxy groups -OCH3 is 1. The van der Waals surface area contributed by atoms with E-state index < -0.39 is 10.0 Å². The molecule has 0 aliphatic rings. The molecule has 0 aromatic heterocycles. The molecule has 0 unspecified atom stereocenters. The molecule has 0 spiro atoms. The van der Waals surface area contributed by atoms with Gasteiger partial charge in [0, 0.05) is 25.2 Å². The van der Waals surface area contributed by atoms with E-state index in [1.807, 2.05) is 13.0 Å². The van der Waals surface area contributed by atoms with Gasteiger partial charge < -0.3 is 4.74 Å². The monoisotopic (exact) mass is 335 g/mol. The average Bonchev–Trinajstić information content (AvgIpc) is 2.35. The number of aryl methyl sites for hydroxylation is 1. The second kappa shape index (κ2) is 6.65. The van der Waals surface area contributed by atoms with Gasteiger partial charge in [0.2, 0.25) is 10.0 Å². The van der Waals surface area contributed by atoms with Crippen molar-refractivity contribution in [2.45, 2.75) is 18.2 Å². The minimum absolute atomic E-state index is 0.345. The van der Waals surface area contributed by atoms with Crippen molar-refractivity contribution in [1.29, 1.82) is 0 Å². The Kier molecular flexibility index (Phi) is 5.78. The molecule has 18 heavy (non-hydrogen) atoms. The van der Waals surface area contributed by atoms with E-state index in [-0.39, 0.29) is 0 Å². The van der Waals surface area contributed by atoms with Crippen molar-refractivity contribution in [2.24, 2.45) is 0 Å². The molecule has 0 aliphatic heterocycles. The van der Waals surface area contributed by atoms with Crippen molar-refractivity contribution < 1.29 is 13.2 Å². The maximum atomic E-state index is 12.4. The lowest BCUT2D eigenvalue weighted by molar-refractivity contribution is 0.185. The minimum atomic E-state index is -3.44. The van der Waals surface area contributed by atoms with E-state index in [4.69, 9.17) is 4.74 Å². The van der Waals surface area contributed by atoms with Gasteiger partial charge in [0.15, 0.2) is 0 Å². The van der Waals surface area contributed by atoms with Gasteiger partial charge >= 0.3 is 0 Å². The summed E-state index contributed by atoms with van der Waals surface area (Å²) in [7, 11) is -0.320. The van der Waals surface area contributed by atoms with Gasteiger partial charge in [-0.2, -0.15) is 4.31 Å². The number of ether oxygens (including phenoxy) is 1. The summed E-state index contributed by atoms with van der Waals surface area (Å²) in [5.74, 6) is 0. The van der Waals surface area contributed by atoms with Crippen LogP contribution in [0.25, 0.3) is 0 Å². The summed E-state index contributed by atoms with van der Waals surface area (Å²) in [6.45, 7) is 2.67. The molecule has 4 nitrogen and oxygen atoms in total. The third kappa shape index (κ3) is 3.54. The van der Waals surface area contributed by atoms with Gasteiger partial charge in [-0.25, -0.2) is 8.42 Å². The van der Waals surface area contributed by atoms with Crippen LogP contribution in [0.5, 0.6) is 0 Å². The van der Waals surface area contributed by atoms with Crippen LogP contribution < -0.4 is 0 Å². The first-order valence-corrected chi connectivity index (χ1v) is 7.90. The number of hydrogen-bond donors (Lipinski definition) is 0. The summed E-state index contributed by atoms with van der Waals surface area (Å²) in [4.78, 5) is 0.367. The summed E-state index contributed by atoms with van der Waals surface area (Å²) in [6, 6.07) is 5.23. The molecule has 102 valence electrons. The molecular weight excluding hydrogens is 318 g/mol. The molecule has 0 aliphatic carbocycles. The first-order valence-electron chi connectivity index (χ1n) is 5.67. The van der Waals surface area contributed by atoms with Crippen LogP contribution in [-0.4, -0.2) is 40.0 Å². The minimum Gasteiger partial charge on any atom is -0.383 e. The standard InChI is InChI=1S/C12H18BrNO3S/c1-4-10-9-11(13)5-6-12(10)18(15,16)14(2)7-8-17-3/h5-6,9H,4,7-8H2,1-3H3. The van der Waals surface area contributed by atoms with Gasteiger partial charge in [-0.05, 0) is 30.2 Å². The topological polar surface area (TPSA) is 46.6 Å². The van der Waals surface area contributed by atoms with E-state index >= 15 is 0 Å². The fraction of sp³-hybridized carbons (Fsp3) is 0.500. The number of benzene rings is 1. The fourth-order valence-electron chi connectivity index (χ4n) is 1.58. The van der Waals surface area contributed by atoms with Crippen molar-refractivity contribution in [1.82, 2.24) is 4.31 Å². The molecule has 0 fully saturated rings. The van der Waals surface area contributed by atoms with Crippen molar-refractivity contribution in [3.63, 3.8) is 0 Å². The highest BCUT2D eigenvalue weighted by molar-refractivity contribution is 9.10. The molecule has 0 amide bonds. The van der Waals surface area contributed by atoms with Gasteiger partial charge in [-0.3, -0.25) is 0 Å². The largest absolute Gasteiger partial charge is 0.383 e. The van der Waals surface area contributed by atoms with Crippen LogP contribution in [0.2, 0.25) is 0 Å². The molecule has 0 saturated carbocycles. The van der Waals surface area contributed by atoms with Crippen molar-refractivity contribution in [2.75, 3.05) is 27.3 Å². The molecule has 1 aromatic rings. The van der Waals surface area contributed by atoms with E-state index in [2.05, 4.69) is 15.9 Å². The number of hydrogen-bond acceptors (Lipinski definition) is 3. The van der Waals surface area contributed by atoms with Crippen LogP contribution in [0.3, 0.4) is 0 Å². The van der Waals surface area contributed by atoms with Gasteiger partial charge in [-0.15, -0.1) is 0 Å². The van der Waals surface area contributed by atoms with Crippen molar-refractivity contribution >= 4 is 26.0 Å². The highest BCUT2D eigenvalue weighted by Gasteiger charge is 2.23. The van der Waals surface area contributed by atoms with E-state index in [9.17, 15) is 8.42 Å². The lowest BCUT2D eigenvalue weighted by Gasteiger charge is -2.18. The van der Waals surface area contributed by atoms with Crippen LogP contribution in [0, 0.1) is 0 Å². The lowest BCUT2D eigenvalue weighted by atomic mass is 10.2. The molecule has 0 bridgehead atoms. The third-order valence-corrected chi connectivity index (χ3v) is 5.15. The van der Waals surface area contributed by atoms with E-state index in [1.165, 1.54) is 4.31 Å². The smallest absolute Gasteiger partial charge is 0.243 e. The Morgan fingerprint density at radius 2 is 2.06 bits per heavy atom. The van der Waals surface area contributed by atoms with Gasteiger partial charge in [0.1, 0.15) is 0 Å². The highest BCUT2D eigenvalue weighted by Crippen LogP contribution is 2.23. The third-order valence-electron chi connectivity index (χ3n) is 2.70. The van der Waals surface area contributed by atoms with Crippen LogP contribution in [0.1, 0.15) is 12.5 Å². The molecule has 0 N–H and O–H groups in total. The fourth-order valence-corrected chi connectivity index (χ4v) is 3.42. The Labute approximate surface area is 117 Å². The lowest BCUT2D eigenvalue weighted by Crippen LogP contribution is -2.30. The molecule has 1 rings (SSSR count). The molecule has 0 atom stereocenters. The quantitative estimate of drug-likeness (QED) is 0.801. The second-order valence-corrected chi connectivity index (χ2v) is 6.85. The number of rotatable bonds is 6. The Morgan fingerprint density at radius 1 is 1.39 bits per heavy atom. The zero-order valence-corrected chi connectivity index (χ0v) is 13.2. The Hall–Kier alpha value is -0.430. The van der Waals surface area contributed by atoms with E-state index in [1.54, 1.807) is 26.3 Å². The second-order valence-electron chi connectivity index (χ2n) is 3.92. The molecule has 0 saturated heterocycles. The maximum absolute atomic E-state index is 12.4. The Morgan fingerprint density at radius 3 is 2.61 bits per heavy atom. The zero-order chi connectivity index (χ0) is 13.8. The molecule has 1 aromatic carbocycles. The maximum Gasteiger partial charge on any atom is 0.243 e. The highest BCUT2D eigenvalue weighted by atomic mass is 79.9. The van der Waals surface area contributed by atoms with Gasteiger partial charge in [-0.1, -0.05) is 22.9 Å². The molecule has 0 radical (unpaired) electrons. The molecular formula is C12H18BrNO3S. The normalized spacial score (nSPS) is 12.1. The van der Waals surface area contributed by atoms with Gasteiger partial charge in [0.05, 0.1) is 11.5 Å². The predicted molar refractivity (Wildman–Crippen MR) is 75.2 cm³/mol. The summed E-state index contributed by atoms with van der Waals surface area (Å²) < 4.78 is 31.9. The van der Waals surface area contributed by atoms with Crippen LogP contribution >= 0.6 is 15.9 Å². The van der Waals surface area contributed by atoms with Crippen molar-refractivity contribution in [3.8, 4) is 0 Å². The zero-order valence-electron chi connectivity index (χ0n) is 10.8. The van der Waals surface area contributed by atoms with Crippen molar-refractivity contribution in [3.05, 3.63) is 28.2 Å².